The summed E-state index contributed by atoms with van der Waals surface area (Å²) in [5, 5.41) is 4.43. The zero-order chi connectivity index (χ0) is 13.8. The van der Waals surface area contributed by atoms with Gasteiger partial charge >= 0.3 is 0 Å². The van der Waals surface area contributed by atoms with Gasteiger partial charge in [0.25, 0.3) is 5.89 Å². The Hall–Kier alpha value is -1.40. The molecule has 3 rings (SSSR count). The summed E-state index contributed by atoms with van der Waals surface area (Å²) < 4.78 is 5.27. The van der Waals surface area contributed by atoms with Crippen LogP contribution in [0.3, 0.4) is 0 Å². The van der Waals surface area contributed by atoms with Crippen LogP contribution in [0.1, 0.15) is 22.5 Å². The molecule has 104 valence electrons. The molecule has 1 aromatic heterocycles. The molecule has 0 radical (unpaired) electrons. The molecule has 0 bridgehead atoms. The number of thioether (sulfide) groups is 2. The van der Waals surface area contributed by atoms with E-state index in [2.05, 4.69) is 10.1 Å². The van der Waals surface area contributed by atoms with E-state index < -0.39 is 0 Å². The Bertz CT molecular complexity index is 606. The Labute approximate surface area is 126 Å². The summed E-state index contributed by atoms with van der Waals surface area (Å²) in [6.07, 6.45) is 3.75. The lowest BCUT2D eigenvalue weighted by molar-refractivity contribution is 0.403. The van der Waals surface area contributed by atoms with E-state index in [1.165, 1.54) is 5.75 Å². The van der Waals surface area contributed by atoms with Crippen molar-refractivity contribution in [3.63, 3.8) is 0 Å². The molecule has 2 heterocycles. The molecule has 0 saturated carbocycles. The van der Waals surface area contributed by atoms with E-state index in [4.69, 9.17) is 10.3 Å². The van der Waals surface area contributed by atoms with E-state index in [0.717, 1.165) is 28.6 Å². The minimum Gasteiger partial charge on any atom is -0.399 e. The van der Waals surface area contributed by atoms with Gasteiger partial charge in [0.05, 0.1) is 5.25 Å². The molecule has 2 aromatic rings. The summed E-state index contributed by atoms with van der Waals surface area (Å²) in [5.41, 5.74) is 7.50. The molecule has 0 aliphatic carbocycles. The van der Waals surface area contributed by atoms with Crippen molar-refractivity contribution in [2.45, 2.75) is 5.25 Å². The summed E-state index contributed by atoms with van der Waals surface area (Å²) in [5.74, 6) is 4.76. The summed E-state index contributed by atoms with van der Waals surface area (Å²) in [7, 11) is 0. The standard InChI is InChI=1S/C14H15N3OS2/c15-11-3-1-2-10(8-11)4-5-13-16-14(17-18-13)12-9-19-6-7-20-12/h1-5,8,12H,6-7,9,15H2/b5-4+. The summed E-state index contributed by atoms with van der Waals surface area (Å²) >= 11 is 3.84. The van der Waals surface area contributed by atoms with Gasteiger partial charge in [-0.1, -0.05) is 17.3 Å². The van der Waals surface area contributed by atoms with Gasteiger partial charge in [0.1, 0.15) is 0 Å². The van der Waals surface area contributed by atoms with Gasteiger partial charge in [-0.2, -0.15) is 16.7 Å². The Kier molecular flexibility index (Phi) is 4.32. The van der Waals surface area contributed by atoms with Gasteiger partial charge in [-0.25, -0.2) is 0 Å². The van der Waals surface area contributed by atoms with E-state index in [1.807, 2.05) is 59.9 Å². The number of nitrogens with zero attached hydrogens (tertiary/aromatic N) is 2. The zero-order valence-electron chi connectivity index (χ0n) is 10.9. The molecule has 1 unspecified atom stereocenters. The average Bonchev–Trinajstić information content (AvgIpc) is 2.95. The Balaban J connectivity index is 1.70. The largest absolute Gasteiger partial charge is 0.399 e. The van der Waals surface area contributed by atoms with Crippen LogP contribution >= 0.6 is 23.5 Å². The number of nitrogen functional groups attached to an aromatic ring is 1. The Morgan fingerprint density at radius 2 is 2.25 bits per heavy atom. The van der Waals surface area contributed by atoms with Crippen molar-refractivity contribution < 1.29 is 4.52 Å². The van der Waals surface area contributed by atoms with E-state index in [-0.39, 0.29) is 0 Å². The topological polar surface area (TPSA) is 64.9 Å². The molecule has 1 atom stereocenters. The van der Waals surface area contributed by atoms with E-state index >= 15 is 0 Å². The molecule has 1 aliphatic heterocycles. The molecule has 0 spiro atoms. The fourth-order valence-electron chi connectivity index (χ4n) is 1.91. The second-order valence-corrected chi connectivity index (χ2v) is 6.89. The second kappa shape index (κ2) is 6.37. The summed E-state index contributed by atoms with van der Waals surface area (Å²) in [6.45, 7) is 0. The molecule has 4 nitrogen and oxygen atoms in total. The highest BCUT2D eigenvalue weighted by Crippen LogP contribution is 2.35. The maximum atomic E-state index is 5.74. The smallest absolute Gasteiger partial charge is 0.250 e. The number of anilines is 1. The molecular weight excluding hydrogens is 290 g/mol. The number of nitrogens with two attached hydrogens (primary N) is 1. The molecule has 2 N–H and O–H groups in total. The lowest BCUT2D eigenvalue weighted by Crippen LogP contribution is -2.07. The number of aromatic nitrogens is 2. The monoisotopic (exact) mass is 305 g/mol. The predicted molar refractivity (Wildman–Crippen MR) is 86.6 cm³/mol. The van der Waals surface area contributed by atoms with Crippen molar-refractivity contribution >= 4 is 41.4 Å². The van der Waals surface area contributed by atoms with Crippen LogP contribution in [0.4, 0.5) is 5.69 Å². The highest BCUT2D eigenvalue weighted by atomic mass is 32.2. The van der Waals surface area contributed by atoms with Crippen LogP contribution in [-0.2, 0) is 0 Å². The summed E-state index contributed by atoms with van der Waals surface area (Å²) in [6, 6.07) is 7.67. The Morgan fingerprint density at radius 3 is 3.05 bits per heavy atom. The quantitative estimate of drug-likeness (QED) is 0.877. The van der Waals surface area contributed by atoms with Crippen LogP contribution in [-0.4, -0.2) is 27.4 Å². The molecule has 1 fully saturated rings. The van der Waals surface area contributed by atoms with Crippen LogP contribution in [0.2, 0.25) is 0 Å². The number of rotatable bonds is 3. The maximum Gasteiger partial charge on any atom is 0.250 e. The van der Waals surface area contributed by atoms with Crippen molar-refractivity contribution in [3.05, 3.63) is 41.5 Å². The van der Waals surface area contributed by atoms with E-state index in [9.17, 15) is 0 Å². The molecule has 1 saturated heterocycles. The molecule has 20 heavy (non-hydrogen) atoms. The maximum absolute atomic E-state index is 5.74. The fraction of sp³-hybridized carbons (Fsp3) is 0.286. The third-order valence-electron chi connectivity index (χ3n) is 2.89. The first-order valence-electron chi connectivity index (χ1n) is 6.38. The fourth-order valence-corrected chi connectivity index (χ4v) is 4.50. The molecule has 6 heteroatoms. The predicted octanol–water partition coefficient (Wildman–Crippen LogP) is 3.34. The number of benzene rings is 1. The minimum absolute atomic E-state index is 0.354. The first-order chi connectivity index (χ1) is 9.81. The van der Waals surface area contributed by atoms with Gasteiger partial charge in [0, 0.05) is 29.0 Å². The van der Waals surface area contributed by atoms with Crippen LogP contribution in [0, 0.1) is 0 Å². The highest BCUT2D eigenvalue weighted by molar-refractivity contribution is 8.06. The van der Waals surface area contributed by atoms with Crippen molar-refractivity contribution in [1.29, 1.82) is 0 Å². The Morgan fingerprint density at radius 1 is 1.30 bits per heavy atom. The third-order valence-corrected chi connectivity index (χ3v) is 5.64. The van der Waals surface area contributed by atoms with Crippen LogP contribution in [0.15, 0.2) is 28.8 Å². The van der Waals surface area contributed by atoms with Crippen molar-refractivity contribution in [3.8, 4) is 0 Å². The van der Waals surface area contributed by atoms with Crippen LogP contribution in [0.5, 0.6) is 0 Å². The van der Waals surface area contributed by atoms with Gasteiger partial charge in [-0.3, -0.25) is 0 Å². The van der Waals surface area contributed by atoms with Gasteiger partial charge in [0.2, 0.25) is 0 Å². The van der Waals surface area contributed by atoms with Crippen LogP contribution < -0.4 is 5.73 Å². The van der Waals surface area contributed by atoms with Crippen molar-refractivity contribution in [2.24, 2.45) is 0 Å². The third kappa shape index (κ3) is 3.37. The number of hydrogen-bond donors (Lipinski definition) is 1. The lowest BCUT2D eigenvalue weighted by Gasteiger charge is -2.16. The first kappa shape index (κ1) is 13.6. The van der Waals surface area contributed by atoms with Crippen LogP contribution in [0.25, 0.3) is 12.2 Å². The minimum atomic E-state index is 0.354. The first-order valence-corrected chi connectivity index (χ1v) is 8.58. The normalized spacial score (nSPS) is 19.5. The SMILES string of the molecule is Nc1cccc(/C=C/c2nc(C3CSCCS3)no2)c1. The molecular formula is C14H15N3OS2. The molecule has 1 aliphatic rings. The van der Waals surface area contributed by atoms with Gasteiger partial charge in [-0.05, 0) is 23.8 Å². The van der Waals surface area contributed by atoms with Gasteiger partial charge in [-0.15, -0.1) is 11.8 Å². The van der Waals surface area contributed by atoms with Gasteiger partial charge < -0.3 is 10.3 Å². The zero-order valence-corrected chi connectivity index (χ0v) is 12.5. The molecule has 0 amide bonds. The van der Waals surface area contributed by atoms with E-state index in [0.29, 0.717) is 11.1 Å². The van der Waals surface area contributed by atoms with Crippen molar-refractivity contribution in [2.75, 3.05) is 23.0 Å². The van der Waals surface area contributed by atoms with Gasteiger partial charge in [0.15, 0.2) is 5.82 Å². The number of hydrogen-bond acceptors (Lipinski definition) is 6. The summed E-state index contributed by atoms with van der Waals surface area (Å²) in [4.78, 5) is 4.44. The highest BCUT2D eigenvalue weighted by Gasteiger charge is 2.21. The lowest BCUT2D eigenvalue weighted by atomic mass is 10.2. The average molecular weight is 305 g/mol. The second-order valence-electron chi connectivity index (χ2n) is 4.43. The molecule has 1 aromatic carbocycles. The van der Waals surface area contributed by atoms with E-state index in [1.54, 1.807) is 0 Å². The van der Waals surface area contributed by atoms with Crippen molar-refractivity contribution in [1.82, 2.24) is 10.1 Å².